The van der Waals surface area contributed by atoms with Crippen LogP contribution in [0.3, 0.4) is 0 Å². The second-order valence-corrected chi connectivity index (χ2v) is 5.17. The smallest absolute Gasteiger partial charge is 0.271 e. The van der Waals surface area contributed by atoms with Gasteiger partial charge in [-0.1, -0.05) is 6.07 Å². The zero-order valence-electron chi connectivity index (χ0n) is 14.6. The number of nitrogens with zero attached hydrogens (tertiary/aromatic N) is 1. The van der Waals surface area contributed by atoms with Gasteiger partial charge in [-0.3, -0.25) is 14.9 Å². The van der Waals surface area contributed by atoms with Crippen molar-refractivity contribution in [2.24, 2.45) is 0 Å². The summed E-state index contributed by atoms with van der Waals surface area (Å²) in [5, 5.41) is 13.6. The number of rotatable bonds is 9. The Labute approximate surface area is 150 Å². The molecule has 1 amide bonds. The fraction of sp³-hybridized carbons (Fsp3) is 0.278. The van der Waals surface area contributed by atoms with E-state index in [0.717, 1.165) is 0 Å². The van der Waals surface area contributed by atoms with Crippen LogP contribution in [0.1, 0.15) is 17.3 Å². The molecule has 8 heteroatoms. The van der Waals surface area contributed by atoms with Crippen LogP contribution in [0.5, 0.6) is 11.5 Å². The van der Waals surface area contributed by atoms with E-state index in [9.17, 15) is 14.9 Å². The number of nitro benzene ring substituents is 1. The number of anilines is 1. The highest BCUT2D eigenvalue weighted by Crippen LogP contribution is 2.29. The van der Waals surface area contributed by atoms with Gasteiger partial charge in [-0.25, -0.2) is 0 Å². The Bertz CT molecular complexity index is 778. The first kappa shape index (κ1) is 19.2. The first-order valence-corrected chi connectivity index (χ1v) is 7.99. The van der Waals surface area contributed by atoms with Crippen LogP contribution in [0.15, 0.2) is 42.5 Å². The molecule has 0 aliphatic heterocycles. The molecule has 0 radical (unpaired) electrons. The van der Waals surface area contributed by atoms with Gasteiger partial charge < -0.3 is 19.5 Å². The fourth-order valence-electron chi connectivity index (χ4n) is 2.19. The fourth-order valence-corrected chi connectivity index (χ4v) is 2.19. The molecule has 0 aliphatic rings. The van der Waals surface area contributed by atoms with E-state index in [1.165, 1.54) is 25.3 Å². The van der Waals surface area contributed by atoms with E-state index in [1.807, 2.05) is 6.92 Å². The van der Waals surface area contributed by atoms with Crippen LogP contribution in [-0.2, 0) is 4.74 Å². The summed E-state index contributed by atoms with van der Waals surface area (Å²) in [4.78, 5) is 22.9. The van der Waals surface area contributed by atoms with E-state index in [-0.39, 0.29) is 11.4 Å². The summed E-state index contributed by atoms with van der Waals surface area (Å²) < 4.78 is 15.9. The Kier molecular flexibility index (Phi) is 6.92. The maximum atomic E-state index is 12.5. The number of carbonyl (C=O) groups is 1. The number of non-ortho nitro benzene ring substituents is 1. The number of nitro groups is 1. The molecule has 2 aromatic carbocycles. The number of methoxy groups -OCH3 is 1. The van der Waals surface area contributed by atoms with Crippen molar-refractivity contribution in [3.63, 3.8) is 0 Å². The zero-order chi connectivity index (χ0) is 18.9. The van der Waals surface area contributed by atoms with Crippen LogP contribution >= 0.6 is 0 Å². The summed E-state index contributed by atoms with van der Waals surface area (Å²) in [6.45, 7) is 3.33. The lowest BCUT2D eigenvalue weighted by Crippen LogP contribution is -2.13. The molecule has 0 fully saturated rings. The van der Waals surface area contributed by atoms with Gasteiger partial charge in [-0.15, -0.1) is 0 Å². The van der Waals surface area contributed by atoms with Gasteiger partial charge in [0.05, 0.1) is 24.3 Å². The van der Waals surface area contributed by atoms with Crippen molar-refractivity contribution in [1.82, 2.24) is 0 Å². The van der Waals surface area contributed by atoms with Crippen molar-refractivity contribution in [2.45, 2.75) is 6.92 Å². The normalized spacial score (nSPS) is 10.2. The lowest BCUT2D eigenvalue weighted by Gasteiger charge is -2.11. The predicted molar refractivity (Wildman–Crippen MR) is 96.0 cm³/mol. The van der Waals surface area contributed by atoms with Crippen molar-refractivity contribution in [3.05, 3.63) is 58.1 Å². The summed E-state index contributed by atoms with van der Waals surface area (Å²) >= 11 is 0. The predicted octanol–water partition coefficient (Wildman–Crippen LogP) is 3.27. The average molecular weight is 360 g/mol. The second-order valence-electron chi connectivity index (χ2n) is 5.17. The number of carbonyl (C=O) groups excluding carboxylic acids is 1. The van der Waals surface area contributed by atoms with Gasteiger partial charge in [-0.05, 0) is 31.2 Å². The molecule has 0 atom stereocenters. The molecular weight excluding hydrogens is 340 g/mol. The molecule has 0 spiro atoms. The zero-order valence-corrected chi connectivity index (χ0v) is 14.6. The van der Waals surface area contributed by atoms with E-state index in [1.54, 1.807) is 24.3 Å². The standard InChI is InChI=1S/C18H20N2O6/c1-3-25-9-10-26-15-6-4-5-13(11-15)18(21)19-16-12-14(20(22)23)7-8-17(16)24-2/h4-8,11-12H,3,9-10H2,1-2H3,(H,19,21). The number of hydrogen-bond acceptors (Lipinski definition) is 6. The highest BCUT2D eigenvalue weighted by atomic mass is 16.6. The van der Waals surface area contributed by atoms with Gasteiger partial charge in [0.1, 0.15) is 18.1 Å². The number of nitrogens with one attached hydrogen (secondary N) is 1. The van der Waals surface area contributed by atoms with Crippen molar-refractivity contribution < 1.29 is 23.9 Å². The first-order valence-electron chi connectivity index (χ1n) is 7.99. The van der Waals surface area contributed by atoms with Gasteiger partial charge in [0.25, 0.3) is 11.6 Å². The van der Waals surface area contributed by atoms with Crippen LogP contribution in [0.25, 0.3) is 0 Å². The lowest BCUT2D eigenvalue weighted by molar-refractivity contribution is -0.384. The van der Waals surface area contributed by atoms with E-state index < -0.39 is 10.8 Å². The van der Waals surface area contributed by atoms with E-state index in [0.29, 0.717) is 36.9 Å². The third-order valence-corrected chi connectivity index (χ3v) is 3.44. The molecule has 26 heavy (non-hydrogen) atoms. The Morgan fingerprint density at radius 1 is 1.19 bits per heavy atom. The summed E-state index contributed by atoms with van der Waals surface area (Å²) in [6, 6.07) is 10.6. The Hall–Kier alpha value is -3.13. The monoisotopic (exact) mass is 360 g/mol. The van der Waals surface area contributed by atoms with Crippen molar-refractivity contribution in [2.75, 3.05) is 32.2 Å². The average Bonchev–Trinajstić information content (AvgIpc) is 2.65. The summed E-state index contributed by atoms with van der Waals surface area (Å²) in [5.74, 6) is 0.426. The highest BCUT2D eigenvalue weighted by Gasteiger charge is 2.15. The SMILES string of the molecule is CCOCCOc1cccc(C(=O)Nc2cc([N+](=O)[O-])ccc2OC)c1. The third kappa shape index (κ3) is 5.18. The summed E-state index contributed by atoms with van der Waals surface area (Å²) in [7, 11) is 1.42. The number of benzene rings is 2. The van der Waals surface area contributed by atoms with Crippen LogP contribution in [0.4, 0.5) is 11.4 Å². The molecule has 138 valence electrons. The minimum Gasteiger partial charge on any atom is -0.495 e. The maximum absolute atomic E-state index is 12.5. The molecule has 0 aliphatic carbocycles. The molecule has 1 N–H and O–H groups in total. The molecule has 0 heterocycles. The van der Waals surface area contributed by atoms with Crippen LogP contribution in [0, 0.1) is 10.1 Å². The van der Waals surface area contributed by atoms with Crippen LogP contribution in [-0.4, -0.2) is 37.8 Å². The van der Waals surface area contributed by atoms with Gasteiger partial charge in [0, 0.05) is 24.3 Å². The second kappa shape index (κ2) is 9.38. The summed E-state index contributed by atoms with van der Waals surface area (Å²) in [5.41, 5.74) is 0.427. The van der Waals surface area contributed by atoms with Crippen LogP contribution < -0.4 is 14.8 Å². The van der Waals surface area contributed by atoms with Gasteiger partial charge in [-0.2, -0.15) is 0 Å². The van der Waals surface area contributed by atoms with E-state index >= 15 is 0 Å². The molecule has 2 rings (SSSR count). The Morgan fingerprint density at radius 3 is 2.69 bits per heavy atom. The molecule has 2 aromatic rings. The topological polar surface area (TPSA) is 99.9 Å². The van der Waals surface area contributed by atoms with Crippen molar-refractivity contribution >= 4 is 17.3 Å². The van der Waals surface area contributed by atoms with Crippen molar-refractivity contribution in [1.29, 1.82) is 0 Å². The quantitative estimate of drug-likeness (QED) is 0.418. The maximum Gasteiger partial charge on any atom is 0.271 e. The van der Waals surface area contributed by atoms with E-state index in [2.05, 4.69) is 5.32 Å². The van der Waals surface area contributed by atoms with E-state index in [4.69, 9.17) is 14.2 Å². The largest absolute Gasteiger partial charge is 0.495 e. The molecule has 0 unspecified atom stereocenters. The van der Waals surface area contributed by atoms with Gasteiger partial charge in [0.2, 0.25) is 0 Å². The molecule has 0 aromatic heterocycles. The van der Waals surface area contributed by atoms with Gasteiger partial charge >= 0.3 is 0 Å². The Morgan fingerprint density at radius 2 is 2.00 bits per heavy atom. The molecule has 0 saturated carbocycles. The highest BCUT2D eigenvalue weighted by molar-refractivity contribution is 6.05. The lowest BCUT2D eigenvalue weighted by atomic mass is 10.2. The number of ether oxygens (including phenoxy) is 3. The number of amides is 1. The van der Waals surface area contributed by atoms with Crippen LogP contribution in [0.2, 0.25) is 0 Å². The summed E-state index contributed by atoms with van der Waals surface area (Å²) in [6.07, 6.45) is 0. The molecule has 8 nitrogen and oxygen atoms in total. The Balaban J connectivity index is 2.12. The number of hydrogen-bond donors (Lipinski definition) is 1. The van der Waals surface area contributed by atoms with Gasteiger partial charge in [0.15, 0.2) is 0 Å². The molecular formula is C18H20N2O6. The molecule has 0 saturated heterocycles. The molecule has 0 bridgehead atoms. The van der Waals surface area contributed by atoms with Crippen molar-refractivity contribution in [3.8, 4) is 11.5 Å². The minimum atomic E-state index is -0.540. The first-order chi connectivity index (χ1) is 12.5. The minimum absolute atomic E-state index is 0.144. The third-order valence-electron chi connectivity index (χ3n) is 3.44.